The first-order chi connectivity index (χ1) is 15.5. The predicted molar refractivity (Wildman–Crippen MR) is 121 cm³/mol. The van der Waals surface area contributed by atoms with E-state index in [0.29, 0.717) is 6.42 Å². The maximum Gasteiger partial charge on any atom is 0.322 e. The second-order valence-electron chi connectivity index (χ2n) is 7.85. The number of carbonyl (C=O) groups excluding carboxylic acids is 4. The predicted octanol–water partition coefficient (Wildman–Crippen LogP) is -0.962. The van der Waals surface area contributed by atoms with Crippen LogP contribution in [-0.2, 0) is 30.4 Å². The molecular weight excluding hydrogens is 430 g/mol. The summed E-state index contributed by atoms with van der Waals surface area (Å²) in [4.78, 5) is 59.9. The minimum absolute atomic E-state index is 0.0218. The Morgan fingerprint density at radius 3 is 2.18 bits per heavy atom. The summed E-state index contributed by atoms with van der Waals surface area (Å²) in [5, 5.41) is 16.3. The van der Waals surface area contributed by atoms with Gasteiger partial charge in [0.2, 0.25) is 23.6 Å². The van der Waals surface area contributed by atoms with Gasteiger partial charge in [-0.05, 0) is 17.9 Å². The maximum atomic E-state index is 13.1. The first-order valence-electron chi connectivity index (χ1n) is 10.7. The molecule has 0 radical (unpaired) electrons. The number of carboxylic acids is 1. The van der Waals surface area contributed by atoms with E-state index in [1.54, 1.807) is 31.2 Å². The lowest BCUT2D eigenvalue weighted by Gasteiger charge is -2.27. The molecule has 0 saturated heterocycles. The van der Waals surface area contributed by atoms with Gasteiger partial charge < -0.3 is 32.5 Å². The zero-order valence-electron chi connectivity index (χ0n) is 18.9. The number of primary amides is 1. The third-order valence-corrected chi connectivity index (χ3v) is 5.16. The molecule has 182 valence electrons. The Morgan fingerprint density at radius 1 is 1.00 bits per heavy atom. The molecule has 0 aliphatic carbocycles. The second-order valence-corrected chi connectivity index (χ2v) is 7.85. The Hall–Kier alpha value is -3.47. The van der Waals surface area contributed by atoms with Crippen molar-refractivity contribution in [3.63, 3.8) is 0 Å². The standard InChI is InChI=1S/C22H33N5O6/c1-3-13(2)19(22(33)25-12-18(29)30)27-21(32)16(11-14-7-5-4-6-8-14)26-20(31)15(23)9-10-17(24)28/h4-8,13,15-16,19H,3,9-12,23H2,1-2H3,(H2,24,28)(H,25,33)(H,26,31)(H,27,32)(H,29,30). The van der Waals surface area contributed by atoms with Gasteiger partial charge in [-0.2, -0.15) is 0 Å². The second kappa shape index (κ2) is 13.8. The van der Waals surface area contributed by atoms with Gasteiger partial charge >= 0.3 is 5.97 Å². The van der Waals surface area contributed by atoms with Crippen LogP contribution in [0.1, 0.15) is 38.7 Å². The lowest BCUT2D eigenvalue weighted by atomic mass is 9.97. The lowest BCUT2D eigenvalue weighted by Crippen LogP contribution is -2.58. The number of nitrogens with two attached hydrogens (primary N) is 2. The summed E-state index contributed by atoms with van der Waals surface area (Å²) < 4.78 is 0. The van der Waals surface area contributed by atoms with Crippen molar-refractivity contribution in [3.05, 3.63) is 35.9 Å². The largest absolute Gasteiger partial charge is 0.480 e. The molecule has 0 fully saturated rings. The zero-order valence-corrected chi connectivity index (χ0v) is 18.9. The molecule has 4 unspecified atom stereocenters. The molecule has 0 bridgehead atoms. The summed E-state index contributed by atoms with van der Waals surface area (Å²) >= 11 is 0. The molecule has 0 spiro atoms. The number of hydrogen-bond donors (Lipinski definition) is 6. The van der Waals surface area contributed by atoms with Crippen molar-refractivity contribution in [1.82, 2.24) is 16.0 Å². The molecule has 1 aromatic carbocycles. The van der Waals surface area contributed by atoms with E-state index < -0.39 is 54.3 Å². The van der Waals surface area contributed by atoms with Crippen molar-refractivity contribution in [1.29, 1.82) is 0 Å². The average molecular weight is 464 g/mol. The molecule has 0 aliphatic heterocycles. The monoisotopic (exact) mass is 463 g/mol. The Bertz CT molecular complexity index is 832. The molecule has 4 amide bonds. The van der Waals surface area contributed by atoms with E-state index >= 15 is 0 Å². The van der Waals surface area contributed by atoms with E-state index in [0.717, 1.165) is 5.56 Å². The van der Waals surface area contributed by atoms with E-state index in [2.05, 4.69) is 16.0 Å². The highest BCUT2D eigenvalue weighted by molar-refractivity contribution is 5.94. The van der Waals surface area contributed by atoms with E-state index in [1.165, 1.54) is 0 Å². The number of aliphatic carboxylic acids is 1. The van der Waals surface area contributed by atoms with Crippen LogP contribution in [0.25, 0.3) is 0 Å². The highest BCUT2D eigenvalue weighted by Gasteiger charge is 2.31. The van der Waals surface area contributed by atoms with Gasteiger partial charge in [-0.3, -0.25) is 24.0 Å². The van der Waals surface area contributed by atoms with E-state index in [1.807, 2.05) is 13.0 Å². The highest BCUT2D eigenvalue weighted by atomic mass is 16.4. The summed E-state index contributed by atoms with van der Waals surface area (Å²) in [6.07, 6.45) is 0.613. The van der Waals surface area contributed by atoms with Gasteiger partial charge in [-0.15, -0.1) is 0 Å². The molecule has 4 atom stereocenters. The van der Waals surface area contributed by atoms with Crippen LogP contribution >= 0.6 is 0 Å². The van der Waals surface area contributed by atoms with E-state index in [4.69, 9.17) is 16.6 Å². The fourth-order valence-electron chi connectivity index (χ4n) is 3.00. The van der Waals surface area contributed by atoms with Crippen LogP contribution in [-0.4, -0.2) is 59.4 Å². The number of nitrogens with one attached hydrogen (secondary N) is 3. The van der Waals surface area contributed by atoms with Gasteiger partial charge in [-0.1, -0.05) is 50.6 Å². The van der Waals surface area contributed by atoms with Gasteiger partial charge in [0.15, 0.2) is 0 Å². The summed E-state index contributed by atoms with van der Waals surface area (Å²) in [5.74, 6) is -4.00. The highest BCUT2D eigenvalue weighted by Crippen LogP contribution is 2.10. The van der Waals surface area contributed by atoms with Crippen molar-refractivity contribution in [2.75, 3.05) is 6.54 Å². The summed E-state index contributed by atoms with van der Waals surface area (Å²) in [5.41, 5.74) is 11.7. The van der Waals surface area contributed by atoms with Crippen LogP contribution in [0.2, 0.25) is 0 Å². The Morgan fingerprint density at radius 2 is 1.64 bits per heavy atom. The molecule has 0 saturated carbocycles. The van der Waals surface area contributed by atoms with E-state index in [-0.39, 0.29) is 25.2 Å². The molecule has 11 nitrogen and oxygen atoms in total. The molecule has 8 N–H and O–H groups in total. The zero-order chi connectivity index (χ0) is 25.0. The maximum absolute atomic E-state index is 13.1. The smallest absolute Gasteiger partial charge is 0.322 e. The Balaban J connectivity index is 3.02. The number of carbonyl (C=O) groups is 5. The van der Waals surface area contributed by atoms with Crippen LogP contribution in [0, 0.1) is 5.92 Å². The van der Waals surface area contributed by atoms with Crippen molar-refractivity contribution in [2.45, 2.75) is 57.7 Å². The van der Waals surface area contributed by atoms with E-state index in [9.17, 15) is 24.0 Å². The van der Waals surface area contributed by atoms with Crippen LogP contribution in [0.5, 0.6) is 0 Å². The number of amides is 4. The van der Waals surface area contributed by atoms with Gasteiger partial charge in [-0.25, -0.2) is 0 Å². The molecule has 0 aliphatic rings. The average Bonchev–Trinajstić information content (AvgIpc) is 2.78. The van der Waals surface area contributed by atoms with Crippen LogP contribution < -0.4 is 27.4 Å². The van der Waals surface area contributed by atoms with Crippen molar-refractivity contribution in [3.8, 4) is 0 Å². The van der Waals surface area contributed by atoms with Gasteiger partial charge in [0.05, 0.1) is 6.04 Å². The molecule has 0 heterocycles. The summed E-state index contributed by atoms with van der Waals surface area (Å²) in [6, 6.07) is 5.84. The quantitative estimate of drug-likeness (QED) is 0.204. The number of rotatable bonds is 14. The molecule has 1 aromatic rings. The fourth-order valence-corrected chi connectivity index (χ4v) is 3.00. The summed E-state index contributed by atoms with van der Waals surface area (Å²) in [7, 11) is 0. The number of hydrogen-bond acceptors (Lipinski definition) is 6. The first kappa shape index (κ1) is 27.6. The minimum atomic E-state index is -1.21. The third kappa shape index (κ3) is 10.1. The fraction of sp³-hybridized carbons (Fsp3) is 0.500. The molecule has 1 rings (SSSR count). The molecular formula is C22H33N5O6. The number of carboxylic acid groups (broad SMARTS) is 1. The van der Waals surface area contributed by atoms with Crippen molar-refractivity contribution >= 4 is 29.6 Å². The molecule has 11 heteroatoms. The SMILES string of the molecule is CCC(C)C(NC(=O)C(Cc1ccccc1)NC(=O)C(N)CCC(N)=O)C(=O)NCC(=O)O. The molecule has 0 aromatic heterocycles. The normalized spacial score (nSPS) is 14.3. The molecule has 33 heavy (non-hydrogen) atoms. The van der Waals surface area contributed by atoms with Crippen molar-refractivity contribution in [2.24, 2.45) is 17.4 Å². The van der Waals surface area contributed by atoms with Crippen LogP contribution in [0.15, 0.2) is 30.3 Å². The third-order valence-electron chi connectivity index (χ3n) is 5.16. The number of benzene rings is 1. The van der Waals surface area contributed by atoms with Crippen LogP contribution in [0.4, 0.5) is 0 Å². The topological polar surface area (TPSA) is 194 Å². The lowest BCUT2D eigenvalue weighted by molar-refractivity contribution is -0.139. The minimum Gasteiger partial charge on any atom is -0.480 e. The van der Waals surface area contributed by atoms with Crippen molar-refractivity contribution < 1.29 is 29.1 Å². The van der Waals surface area contributed by atoms with Gasteiger partial charge in [0.1, 0.15) is 18.6 Å². The van der Waals surface area contributed by atoms with Crippen LogP contribution in [0.3, 0.4) is 0 Å². The summed E-state index contributed by atoms with van der Waals surface area (Å²) in [6.45, 7) is 2.99. The Kier molecular flexibility index (Phi) is 11.6. The first-order valence-corrected chi connectivity index (χ1v) is 10.7. The van der Waals surface area contributed by atoms with Gasteiger partial charge in [0, 0.05) is 12.8 Å². The van der Waals surface area contributed by atoms with Gasteiger partial charge in [0.25, 0.3) is 0 Å². The Labute approximate surface area is 192 Å².